The predicted molar refractivity (Wildman–Crippen MR) is 90.5 cm³/mol. The zero-order chi connectivity index (χ0) is 16.7. The second-order valence-electron chi connectivity index (χ2n) is 5.55. The number of thiazole rings is 1. The number of nitrogens with zero attached hydrogens (tertiary/aromatic N) is 2. The number of nitrogens with one attached hydrogen (secondary N) is 2. The van der Waals surface area contributed by atoms with Crippen LogP contribution < -0.4 is 10.6 Å². The van der Waals surface area contributed by atoms with Crippen LogP contribution in [0.4, 0.5) is 5.13 Å². The van der Waals surface area contributed by atoms with Crippen LogP contribution in [0.1, 0.15) is 36.3 Å². The Labute approximate surface area is 139 Å². The molecule has 0 aliphatic rings. The molecule has 7 heteroatoms. The fourth-order valence-corrected chi connectivity index (χ4v) is 2.64. The number of carbonyl (C=O) groups is 2. The van der Waals surface area contributed by atoms with Crippen molar-refractivity contribution in [2.45, 2.75) is 26.7 Å². The number of carbonyl (C=O) groups excluding carboxylic acids is 2. The lowest BCUT2D eigenvalue weighted by molar-refractivity contribution is -0.116. The third-order valence-electron chi connectivity index (χ3n) is 3.00. The molecule has 0 saturated carbocycles. The van der Waals surface area contributed by atoms with E-state index >= 15 is 0 Å². The van der Waals surface area contributed by atoms with Gasteiger partial charge in [-0.1, -0.05) is 19.9 Å². The first kappa shape index (κ1) is 17.1. The fourth-order valence-electron chi connectivity index (χ4n) is 1.93. The van der Waals surface area contributed by atoms with Gasteiger partial charge in [0.2, 0.25) is 5.91 Å². The van der Waals surface area contributed by atoms with E-state index in [4.69, 9.17) is 0 Å². The summed E-state index contributed by atoms with van der Waals surface area (Å²) in [6.07, 6.45) is 4.64. The van der Waals surface area contributed by atoms with Gasteiger partial charge in [0.1, 0.15) is 5.69 Å². The van der Waals surface area contributed by atoms with E-state index in [9.17, 15) is 9.59 Å². The Morgan fingerprint density at radius 3 is 2.87 bits per heavy atom. The lowest BCUT2D eigenvalue weighted by Crippen LogP contribution is -2.26. The van der Waals surface area contributed by atoms with Gasteiger partial charge in [-0.25, -0.2) is 4.98 Å². The molecule has 0 unspecified atom stereocenters. The fraction of sp³-hybridized carbons (Fsp3) is 0.375. The van der Waals surface area contributed by atoms with Crippen molar-refractivity contribution in [1.29, 1.82) is 0 Å². The Hall–Kier alpha value is -2.28. The summed E-state index contributed by atoms with van der Waals surface area (Å²) in [6, 6.07) is 3.83. The van der Waals surface area contributed by atoms with Crippen molar-refractivity contribution < 1.29 is 9.59 Å². The third kappa shape index (κ3) is 5.78. The molecular formula is C16H20N4O2S. The van der Waals surface area contributed by atoms with E-state index in [1.165, 1.54) is 11.3 Å². The molecule has 6 nitrogen and oxygen atoms in total. The lowest BCUT2D eigenvalue weighted by Gasteiger charge is -2.04. The van der Waals surface area contributed by atoms with Gasteiger partial charge < -0.3 is 10.6 Å². The highest BCUT2D eigenvalue weighted by atomic mass is 32.1. The second kappa shape index (κ2) is 8.38. The summed E-state index contributed by atoms with van der Waals surface area (Å²) in [4.78, 5) is 31.9. The highest BCUT2D eigenvalue weighted by Gasteiger charge is 2.12. The molecule has 2 aromatic heterocycles. The van der Waals surface area contributed by atoms with Gasteiger partial charge in [0.15, 0.2) is 5.13 Å². The highest BCUT2D eigenvalue weighted by Crippen LogP contribution is 2.16. The molecule has 0 radical (unpaired) electrons. The molecule has 0 saturated heterocycles. The molecule has 0 atom stereocenters. The molecule has 0 fully saturated rings. The number of hydrogen-bond donors (Lipinski definition) is 2. The monoisotopic (exact) mass is 332 g/mol. The van der Waals surface area contributed by atoms with Crippen molar-refractivity contribution in [3.05, 3.63) is 41.2 Å². The molecule has 0 aliphatic carbocycles. The summed E-state index contributed by atoms with van der Waals surface area (Å²) in [7, 11) is 0. The third-order valence-corrected chi connectivity index (χ3v) is 3.76. The van der Waals surface area contributed by atoms with Crippen molar-refractivity contribution in [3.63, 3.8) is 0 Å². The molecule has 0 spiro atoms. The van der Waals surface area contributed by atoms with Crippen molar-refractivity contribution in [2.24, 2.45) is 5.92 Å². The molecule has 23 heavy (non-hydrogen) atoms. The van der Waals surface area contributed by atoms with Gasteiger partial charge in [0.05, 0.1) is 0 Å². The van der Waals surface area contributed by atoms with E-state index in [1.807, 2.05) is 26.0 Å². The van der Waals surface area contributed by atoms with E-state index in [1.54, 1.807) is 17.8 Å². The maximum Gasteiger partial charge on any atom is 0.270 e. The van der Waals surface area contributed by atoms with Crippen molar-refractivity contribution in [1.82, 2.24) is 15.3 Å². The second-order valence-corrected chi connectivity index (χ2v) is 6.41. The van der Waals surface area contributed by atoms with E-state index in [0.29, 0.717) is 30.2 Å². The Balaban J connectivity index is 1.80. The predicted octanol–water partition coefficient (Wildman–Crippen LogP) is 2.50. The number of aromatic nitrogens is 2. The minimum absolute atomic E-state index is 0.0853. The SMILES string of the molecule is CC(C)CC(=O)Nc1nc(C(=O)NCCc2cccnc2)cs1. The van der Waals surface area contributed by atoms with Crippen LogP contribution in [-0.2, 0) is 11.2 Å². The Kier molecular flexibility index (Phi) is 6.22. The van der Waals surface area contributed by atoms with Crippen LogP contribution in [-0.4, -0.2) is 28.3 Å². The van der Waals surface area contributed by atoms with Gasteiger partial charge in [-0.05, 0) is 24.0 Å². The van der Waals surface area contributed by atoms with E-state index in [-0.39, 0.29) is 17.7 Å². The van der Waals surface area contributed by atoms with Gasteiger partial charge in [-0.3, -0.25) is 14.6 Å². The highest BCUT2D eigenvalue weighted by molar-refractivity contribution is 7.14. The number of hydrogen-bond acceptors (Lipinski definition) is 5. The average molecular weight is 332 g/mol. The summed E-state index contributed by atoms with van der Waals surface area (Å²) >= 11 is 1.25. The Morgan fingerprint density at radius 1 is 1.35 bits per heavy atom. The molecule has 0 aromatic carbocycles. The molecule has 2 aromatic rings. The van der Waals surface area contributed by atoms with Crippen molar-refractivity contribution in [2.75, 3.05) is 11.9 Å². The van der Waals surface area contributed by atoms with Crippen molar-refractivity contribution in [3.8, 4) is 0 Å². The minimum atomic E-state index is -0.241. The Bertz CT molecular complexity index is 655. The van der Waals surface area contributed by atoms with E-state index < -0.39 is 0 Å². The first-order valence-corrected chi connectivity index (χ1v) is 8.35. The van der Waals surface area contributed by atoms with Crippen LogP contribution >= 0.6 is 11.3 Å². The minimum Gasteiger partial charge on any atom is -0.350 e. The molecule has 122 valence electrons. The molecule has 2 rings (SSSR count). The largest absolute Gasteiger partial charge is 0.350 e. The quantitative estimate of drug-likeness (QED) is 0.816. The van der Waals surface area contributed by atoms with Crippen molar-refractivity contribution >= 4 is 28.3 Å². The number of rotatable bonds is 7. The number of amides is 2. The first-order chi connectivity index (χ1) is 11.0. The maximum atomic E-state index is 12.0. The van der Waals surface area contributed by atoms with Crippen LogP contribution in [0.15, 0.2) is 29.9 Å². The Morgan fingerprint density at radius 2 is 2.17 bits per heavy atom. The zero-order valence-electron chi connectivity index (χ0n) is 13.2. The summed E-state index contributed by atoms with van der Waals surface area (Å²) in [6.45, 7) is 4.46. The van der Waals surface area contributed by atoms with Crippen LogP contribution in [0, 0.1) is 5.92 Å². The van der Waals surface area contributed by atoms with Gasteiger partial charge in [-0.15, -0.1) is 11.3 Å². The number of pyridine rings is 1. The summed E-state index contributed by atoms with van der Waals surface area (Å²) in [5, 5.41) is 7.62. The summed E-state index contributed by atoms with van der Waals surface area (Å²) in [5.74, 6) is -0.0439. The molecule has 2 amide bonds. The molecule has 0 aliphatic heterocycles. The van der Waals surface area contributed by atoms with E-state index in [2.05, 4.69) is 20.6 Å². The average Bonchev–Trinajstić information content (AvgIpc) is 2.96. The van der Waals surface area contributed by atoms with Gasteiger partial charge in [0.25, 0.3) is 5.91 Å². The van der Waals surface area contributed by atoms with Gasteiger partial charge in [-0.2, -0.15) is 0 Å². The summed E-state index contributed by atoms with van der Waals surface area (Å²) in [5.41, 5.74) is 1.38. The standard InChI is InChI=1S/C16H20N4O2S/c1-11(2)8-14(21)20-16-19-13(10-23-16)15(22)18-7-5-12-4-3-6-17-9-12/h3-4,6,9-11H,5,7-8H2,1-2H3,(H,18,22)(H,19,20,21). The molecule has 2 heterocycles. The van der Waals surface area contributed by atoms with Crippen LogP contribution in [0.2, 0.25) is 0 Å². The molecule has 2 N–H and O–H groups in total. The summed E-state index contributed by atoms with van der Waals surface area (Å²) < 4.78 is 0. The van der Waals surface area contributed by atoms with Crippen LogP contribution in [0.25, 0.3) is 0 Å². The molecule has 0 bridgehead atoms. The van der Waals surface area contributed by atoms with Gasteiger partial charge in [0, 0.05) is 30.7 Å². The number of anilines is 1. The van der Waals surface area contributed by atoms with Crippen LogP contribution in [0.5, 0.6) is 0 Å². The maximum absolute atomic E-state index is 12.0. The first-order valence-electron chi connectivity index (χ1n) is 7.47. The lowest BCUT2D eigenvalue weighted by atomic mass is 10.1. The molecular weight excluding hydrogens is 312 g/mol. The van der Waals surface area contributed by atoms with Gasteiger partial charge >= 0.3 is 0 Å². The zero-order valence-corrected chi connectivity index (χ0v) is 14.0. The van der Waals surface area contributed by atoms with Crippen LogP contribution in [0.3, 0.4) is 0 Å². The normalized spacial score (nSPS) is 10.6. The van der Waals surface area contributed by atoms with E-state index in [0.717, 1.165) is 5.56 Å². The smallest absolute Gasteiger partial charge is 0.270 e. The topological polar surface area (TPSA) is 84.0 Å².